The fourth-order valence-corrected chi connectivity index (χ4v) is 3.74. The third-order valence-corrected chi connectivity index (χ3v) is 5.43. The summed E-state index contributed by atoms with van der Waals surface area (Å²) >= 11 is 7.33. The Morgan fingerprint density at radius 1 is 1.07 bits per heavy atom. The Labute approximate surface area is 170 Å². The average molecular weight is 410 g/mol. The van der Waals surface area contributed by atoms with Crippen molar-refractivity contribution >= 4 is 45.7 Å². The average Bonchev–Trinajstić information content (AvgIpc) is 3.16. The molecule has 0 fully saturated rings. The molecule has 1 aromatic heterocycles. The lowest BCUT2D eigenvalue weighted by Crippen LogP contribution is -2.22. The van der Waals surface area contributed by atoms with Gasteiger partial charge in [-0.2, -0.15) is 4.68 Å². The van der Waals surface area contributed by atoms with Crippen molar-refractivity contribution in [2.45, 2.75) is 17.3 Å². The van der Waals surface area contributed by atoms with Crippen molar-refractivity contribution in [3.63, 3.8) is 0 Å². The zero-order chi connectivity index (χ0) is 19.5. The van der Waals surface area contributed by atoms with Crippen LogP contribution in [0.1, 0.15) is 6.92 Å². The molecule has 0 radical (unpaired) electrons. The maximum absolute atomic E-state index is 12.6. The molecule has 0 aliphatic carbocycles. The summed E-state index contributed by atoms with van der Waals surface area (Å²) in [6, 6.07) is 21.1. The molecule has 140 valence electrons. The van der Waals surface area contributed by atoms with Gasteiger partial charge in [0.15, 0.2) is 0 Å². The van der Waals surface area contributed by atoms with Gasteiger partial charge < -0.3 is 5.32 Å². The van der Waals surface area contributed by atoms with Crippen LogP contribution in [-0.4, -0.2) is 31.4 Å². The summed E-state index contributed by atoms with van der Waals surface area (Å²) in [4.78, 5) is 12.6. The highest BCUT2D eigenvalue weighted by atomic mass is 35.5. The molecule has 4 rings (SSSR count). The van der Waals surface area contributed by atoms with Gasteiger partial charge >= 0.3 is 0 Å². The van der Waals surface area contributed by atoms with Crippen molar-refractivity contribution in [1.82, 2.24) is 20.2 Å². The fourth-order valence-electron chi connectivity index (χ4n) is 2.74. The van der Waals surface area contributed by atoms with E-state index >= 15 is 0 Å². The number of hydrogen-bond acceptors (Lipinski definition) is 5. The van der Waals surface area contributed by atoms with Crippen molar-refractivity contribution in [3.05, 3.63) is 71.8 Å². The number of fused-ring (bicyclic) bond motifs is 1. The van der Waals surface area contributed by atoms with Crippen LogP contribution in [0.3, 0.4) is 0 Å². The first kappa shape index (κ1) is 18.5. The summed E-state index contributed by atoms with van der Waals surface area (Å²) in [7, 11) is 0. The normalized spacial score (nSPS) is 12.1. The first-order valence-corrected chi connectivity index (χ1v) is 9.86. The number of anilines is 1. The van der Waals surface area contributed by atoms with Crippen LogP contribution in [0.2, 0.25) is 5.02 Å². The molecule has 1 atom stereocenters. The van der Waals surface area contributed by atoms with Crippen molar-refractivity contribution in [1.29, 1.82) is 0 Å². The predicted molar refractivity (Wildman–Crippen MR) is 112 cm³/mol. The molecule has 3 aromatic carbocycles. The zero-order valence-corrected chi connectivity index (χ0v) is 16.5. The molecule has 0 bridgehead atoms. The summed E-state index contributed by atoms with van der Waals surface area (Å²) in [5, 5.41) is 17.6. The topological polar surface area (TPSA) is 72.7 Å². The Kier molecular flexibility index (Phi) is 5.27. The van der Waals surface area contributed by atoms with Gasteiger partial charge in [-0.1, -0.05) is 59.8 Å². The van der Waals surface area contributed by atoms with Gasteiger partial charge in [-0.25, -0.2) is 0 Å². The number of aromatic nitrogens is 4. The van der Waals surface area contributed by atoms with Crippen LogP contribution in [0.15, 0.2) is 71.9 Å². The Morgan fingerprint density at radius 2 is 1.89 bits per heavy atom. The fraction of sp³-hybridized carbons (Fsp3) is 0.100. The highest BCUT2D eigenvalue weighted by Crippen LogP contribution is 2.25. The maximum Gasteiger partial charge on any atom is 0.237 e. The van der Waals surface area contributed by atoms with Gasteiger partial charge in [-0.05, 0) is 58.5 Å². The Morgan fingerprint density at radius 3 is 2.71 bits per heavy atom. The summed E-state index contributed by atoms with van der Waals surface area (Å²) < 4.78 is 1.57. The lowest BCUT2D eigenvalue weighted by atomic mass is 10.1. The van der Waals surface area contributed by atoms with Gasteiger partial charge in [0.25, 0.3) is 0 Å². The Balaban J connectivity index is 1.48. The number of carbonyl (C=O) groups excluding carboxylic acids is 1. The molecule has 4 aromatic rings. The van der Waals surface area contributed by atoms with E-state index in [0.29, 0.717) is 10.2 Å². The quantitative estimate of drug-likeness (QED) is 0.488. The van der Waals surface area contributed by atoms with E-state index in [9.17, 15) is 4.79 Å². The first-order valence-electron chi connectivity index (χ1n) is 8.61. The zero-order valence-electron chi connectivity index (χ0n) is 14.9. The van der Waals surface area contributed by atoms with E-state index in [-0.39, 0.29) is 5.91 Å². The minimum Gasteiger partial charge on any atom is -0.325 e. The van der Waals surface area contributed by atoms with Gasteiger partial charge in [0.1, 0.15) is 0 Å². The number of thioether (sulfide) groups is 1. The first-order chi connectivity index (χ1) is 13.6. The van der Waals surface area contributed by atoms with Gasteiger partial charge in [0, 0.05) is 10.7 Å². The molecule has 0 saturated carbocycles. The van der Waals surface area contributed by atoms with Gasteiger partial charge in [-0.3, -0.25) is 4.79 Å². The molecule has 0 saturated heterocycles. The van der Waals surface area contributed by atoms with Crippen LogP contribution in [0.4, 0.5) is 5.69 Å². The second kappa shape index (κ2) is 8.00. The number of halogens is 1. The molecule has 28 heavy (non-hydrogen) atoms. The molecule has 1 amide bonds. The molecule has 1 heterocycles. The van der Waals surface area contributed by atoms with Crippen LogP contribution in [0, 0.1) is 0 Å². The summed E-state index contributed by atoms with van der Waals surface area (Å²) in [5.74, 6) is -0.124. The van der Waals surface area contributed by atoms with Gasteiger partial charge in [-0.15, -0.1) is 5.10 Å². The molecule has 0 aliphatic heterocycles. The number of nitrogens with one attached hydrogen (secondary N) is 1. The van der Waals surface area contributed by atoms with E-state index in [0.717, 1.165) is 22.1 Å². The molecular weight excluding hydrogens is 394 g/mol. The number of carbonyl (C=O) groups is 1. The third kappa shape index (κ3) is 4.00. The highest BCUT2D eigenvalue weighted by Gasteiger charge is 2.19. The lowest BCUT2D eigenvalue weighted by Gasteiger charge is -2.12. The van der Waals surface area contributed by atoms with E-state index in [1.54, 1.807) is 16.8 Å². The van der Waals surface area contributed by atoms with Gasteiger partial charge in [0.2, 0.25) is 11.1 Å². The molecule has 8 heteroatoms. The lowest BCUT2D eigenvalue weighted by molar-refractivity contribution is -0.115. The molecule has 0 unspecified atom stereocenters. The summed E-state index contributed by atoms with van der Waals surface area (Å²) in [6.45, 7) is 1.82. The Hall–Kier alpha value is -2.90. The SMILES string of the molecule is C[C@H](Sc1nnnn1-c1cccc(Cl)c1)C(=O)Nc1ccc2ccccc2c1. The van der Waals surface area contributed by atoms with E-state index < -0.39 is 5.25 Å². The van der Waals surface area contributed by atoms with Gasteiger partial charge in [0.05, 0.1) is 10.9 Å². The van der Waals surface area contributed by atoms with Crippen LogP contribution in [-0.2, 0) is 4.79 Å². The van der Waals surface area contributed by atoms with Crippen LogP contribution in [0.25, 0.3) is 16.5 Å². The van der Waals surface area contributed by atoms with Crippen molar-refractivity contribution in [2.24, 2.45) is 0 Å². The highest BCUT2D eigenvalue weighted by molar-refractivity contribution is 8.00. The van der Waals surface area contributed by atoms with Crippen molar-refractivity contribution in [2.75, 3.05) is 5.32 Å². The smallest absolute Gasteiger partial charge is 0.237 e. The number of tetrazole rings is 1. The molecular formula is C20H16ClN5OS. The molecule has 0 aliphatic rings. The maximum atomic E-state index is 12.6. The predicted octanol–water partition coefficient (Wildman–Crippen LogP) is 4.59. The molecule has 0 spiro atoms. The van der Waals surface area contributed by atoms with Crippen molar-refractivity contribution in [3.8, 4) is 5.69 Å². The number of nitrogens with zero attached hydrogens (tertiary/aromatic N) is 4. The van der Waals surface area contributed by atoms with Crippen LogP contribution >= 0.6 is 23.4 Å². The van der Waals surface area contributed by atoms with Crippen LogP contribution < -0.4 is 5.32 Å². The van der Waals surface area contributed by atoms with E-state index in [1.165, 1.54) is 11.8 Å². The number of amides is 1. The van der Waals surface area contributed by atoms with Crippen molar-refractivity contribution < 1.29 is 4.79 Å². The Bertz CT molecular complexity index is 1150. The van der Waals surface area contributed by atoms with E-state index in [2.05, 4.69) is 20.8 Å². The standard InChI is InChI=1S/C20H16ClN5OS/c1-13(19(27)22-17-10-9-14-5-2-3-6-15(14)11-17)28-20-23-24-25-26(20)18-8-4-7-16(21)12-18/h2-13H,1H3,(H,22,27)/t13-/m0/s1. The molecule has 1 N–H and O–H groups in total. The monoisotopic (exact) mass is 409 g/mol. The summed E-state index contributed by atoms with van der Waals surface area (Å²) in [5.41, 5.74) is 1.49. The third-order valence-electron chi connectivity index (χ3n) is 4.16. The minimum atomic E-state index is -0.393. The van der Waals surface area contributed by atoms with Crippen LogP contribution in [0.5, 0.6) is 0 Å². The van der Waals surface area contributed by atoms with E-state index in [4.69, 9.17) is 11.6 Å². The number of benzene rings is 3. The number of hydrogen-bond donors (Lipinski definition) is 1. The second-order valence-corrected chi connectivity index (χ2v) is 7.91. The minimum absolute atomic E-state index is 0.124. The van der Waals surface area contributed by atoms with E-state index in [1.807, 2.05) is 61.5 Å². The number of rotatable bonds is 5. The molecule has 6 nitrogen and oxygen atoms in total. The summed E-state index contributed by atoms with van der Waals surface area (Å²) in [6.07, 6.45) is 0. The largest absolute Gasteiger partial charge is 0.325 e. The second-order valence-electron chi connectivity index (χ2n) is 6.16.